The molecule has 0 radical (unpaired) electrons. The van der Waals surface area contributed by atoms with E-state index in [1.165, 1.54) is 0 Å². The van der Waals surface area contributed by atoms with Crippen molar-refractivity contribution in [2.24, 2.45) is 0 Å². The van der Waals surface area contributed by atoms with Crippen molar-refractivity contribution in [3.63, 3.8) is 0 Å². The van der Waals surface area contributed by atoms with Crippen molar-refractivity contribution in [2.75, 3.05) is 13.6 Å². The Bertz CT molecular complexity index is 688. The van der Waals surface area contributed by atoms with Crippen LogP contribution in [0, 0.1) is 6.92 Å². The monoisotopic (exact) mass is 327 g/mol. The molecule has 0 heterocycles. The molecule has 0 aliphatic heterocycles. The number of phenols is 2. The quantitative estimate of drug-likeness (QED) is 0.839. The Labute approximate surface area is 145 Å². The van der Waals surface area contributed by atoms with E-state index < -0.39 is 0 Å². The fourth-order valence-corrected chi connectivity index (χ4v) is 2.87. The van der Waals surface area contributed by atoms with Crippen molar-refractivity contribution in [1.29, 1.82) is 0 Å². The second kappa shape index (κ2) is 7.27. The minimum absolute atomic E-state index is 0.0455. The van der Waals surface area contributed by atoms with E-state index in [0.29, 0.717) is 0 Å². The topological polar surface area (TPSA) is 43.7 Å². The summed E-state index contributed by atoms with van der Waals surface area (Å²) in [5.41, 5.74) is 2.92. The molecule has 2 N–H and O–H groups in total. The molecule has 0 aliphatic rings. The first kappa shape index (κ1) is 18.3. The summed E-state index contributed by atoms with van der Waals surface area (Å²) in [6.45, 7) is 9.45. The van der Waals surface area contributed by atoms with Gasteiger partial charge in [-0.15, -0.1) is 0 Å². The molecule has 130 valence electrons. The van der Waals surface area contributed by atoms with Gasteiger partial charge in [0.2, 0.25) is 0 Å². The Morgan fingerprint density at radius 1 is 0.958 bits per heavy atom. The van der Waals surface area contributed by atoms with Crippen LogP contribution in [0.15, 0.2) is 42.5 Å². The lowest BCUT2D eigenvalue weighted by molar-refractivity contribution is 0.171. The fourth-order valence-electron chi connectivity index (χ4n) is 2.87. The van der Waals surface area contributed by atoms with E-state index in [2.05, 4.69) is 32.7 Å². The Morgan fingerprint density at radius 3 is 2.21 bits per heavy atom. The molecule has 0 aromatic heterocycles. The molecule has 2 rings (SSSR count). The summed E-state index contributed by atoms with van der Waals surface area (Å²) in [5.74, 6) is 0.519. The molecule has 1 atom stereocenters. The number of phenolic OH excluding ortho intramolecular Hbond substituents is 2. The minimum atomic E-state index is -0.0455. The molecule has 0 aliphatic carbocycles. The molecule has 2 aromatic rings. The second-order valence-electron chi connectivity index (χ2n) is 7.55. The predicted octanol–water partition coefficient (Wildman–Crippen LogP) is 4.66. The first-order valence-corrected chi connectivity index (χ1v) is 8.49. The number of nitrogens with zero attached hydrogens (tertiary/aromatic N) is 1. The number of aromatic hydroxyl groups is 2. The molecular formula is C21H29NO2. The third-order valence-corrected chi connectivity index (χ3v) is 4.77. The van der Waals surface area contributed by atoms with Crippen molar-refractivity contribution in [2.45, 2.75) is 45.6 Å². The lowest BCUT2D eigenvalue weighted by Gasteiger charge is -2.33. The maximum absolute atomic E-state index is 10.4. The Hall–Kier alpha value is -2.00. The highest BCUT2D eigenvalue weighted by atomic mass is 16.3. The van der Waals surface area contributed by atoms with Gasteiger partial charge in [-0.3, -0.25) is 0 Å². The van der Waals surface area contributed by atoms with E-state index in [1.54, 1.807) is 12.1 Å². The Kier molecular flexibility index (Phi) is 5.55. The zero-order valence-corrected chi connectivity index (χ0v) is 15.4. The van der Waals surface area contributed by atoms with Crippen LogP contribution in [-0.2, 0) is 0 Å². The molecule has 0 saturated carbocycles. The largest absolute Gasteiger partial charge is 0.508 e. The summed E-state index contributed by atoms with van der Waals surface area (Å²) in [6, 6.07) is 13.1. The molecule has 3 heteroatoms. The predicted molar refractivity (Wildman–Crippen MR) is 99.8 cm³/mol. The van der Waals surface area contributed by atoms with Gasteiger partial charge < -0.3 is 15.1 Å². The van der Waals surface area contributed by atoms with Gasteiger partial charge in [-0.2, -0.15) is 0 Å². The zero-order chi connectivity index (χ0) is 17.9. The van der Waals surface area contributed by atoms with Crippen LogP contribution in [0.4, 0.5) is 0 Å². The van der Waals surface area contributed by atoms with E-state index in [9.17, 15) is 10.2 Å². The first-order chi connectivity index (χ1) is 11.2. The van der Waals surface area contributed by atoms with Gasteiger partial charge in [-0.05, 0) is 59.8 Å². The van der Waals surface area contributed by atoms with Crippen LogP contribution < -0.4 is 0 Å². The number of benzene rings is 2. The minimum Gasteiger partial charge on any atom is -0.508 e. The van der Waals surface area contributed by atoms with Crippen LogP contribution in [0.25, 0.3) is 0 Å². The first-order valence-electron chi connectivity index (χ1n) is 8.49. The third kappa shape index (κ3) is 4.30. The van der Waals surface area contributed by atoms with Crippen LogP contribution in [0.1, 0.15) is 49.8 Å². The molecule has 3 nitrogen and oxygen atoms in total. The Morgan fingerprint density at radius 2 is 1.58 bits per heavy atom. The molecule has 2 aromatic carbocycles. The smallest absolute Gasteiger partial charge is 0.119 e. The molecule has 0 saturated heterocycles. The van der Waals surface area contributed by atoms with Crippen molar-refractivity contribution < 1.29 is 10.2 Å². The standard InChI is InChI=1S/C21H29NO2/c1-15-10-11-20(24)18(14-15)16(12-13-22(5)21(2,3)4)17-8-6-7-9-19(17)23/h6-11,14,16,23-24H,12-13H2,1-5H3. The van der Waals surface area contributed by atoms with Gasteiger partial charge in [0, 0.05) is 22.6 Å². The number of rotatable bonds is 5. The summed E-state index contributed by atoms with van der Waals surface area (Å²) in [7, 11) is 2.11. The highest BCUT2D eigenvalue weighted by molar-refractivity contribution is 5.47. The van der Waals surface area contributed by atoms with Gasteiger partial charge in [-0.1, -0.05) is 35.9 Å². The van der Waals surface area contributed by atoms with Gasteiger partial charge in [0.05, 0.1) is 0 Å². The van der Waals surface area contributed by atoms with E-state index in [1.807, 2.05) is 37.3 Å². The van der Waals surface area contributed by atoms with Gasteiger partial charge in [0.15, 0.2) is 0 Å². The maximum atomic E-state index is 10.4. The lowest BCUT2D eigenvalue weighted by Crippen LogP contribution is -2.39. The van der Waals surface area contributed by atoms with E-state index in [4.69, 9.17) is 0 Å². The Balaban J connectivity index is 2.39. The van der Waals surface area contributed by atoms with Gasteiger partial charge in [-0.25, -0.2) is 0 Å². The summed E-state index contributed by atoms with van der Waals surface area (Å²) in [4.78, 5) is 2.30. The highest BCUT2D eigenvalue weighted by Gasteiger charge is 2.23. The van der Waals surface area contributed by atoms with Gasteiger partial charge in [0.1, 0.15) is 11.5 Å². The average molecular weight is 327 g/mol. The lowest BCUT2D eigenvalue weighted by atomic mass is 9.86. The SMILES string of the molecule is Cc1ccc(O)c(C(CCN(C)C(C)(C)C)c2ccccc2O)c1. The van der Waals surface area contributed by atoms with Crippen LogP contribution >= 0.6 is 0 Å². The van der Waals surface area contributed by atoms with Crippen LogP contribution in [0.5, 0.6) is 11.5 Å². The van der Waals surface area contributed by atoms with Gasteiger partial charge in [0.25, 0.3) is 0 Å². The average Bonchev–Trinajstić information content (AvgIpc) is 2.51. The van der Waals surface area contributed by atoms with E-state index in [0.717, 1.165) is 29.7 Å². The maximum Gasteiger partial charge on any atom is 0.119 e. The second-order valence-corrected chi connectivity index (χ2v) is 7.55. The summed E-state index contributed by atoms with van der Waals surface area (Å²) < 4.78 is 0. The molecule has 24 heavy (non-hydrogen) atoms. The fraction of sp³-hybridized carbons (Fsp3) is 0.429. The summed E-state index contributed by atoms with van der Waals surface area (Å²) in [5, 5.41) is 20.7. The summed E-state index contributed by atoms with van der Waals surface area (Å²) in [6.07, 6.45) is 0.822. The summed E-state index contributed by atoms with van der Waals surface area (Å²) >= 11 is 0. The molecule has 0 fully saturated rings. The molecule has 1 unspecified atom stereocenters. The van der Waals surface area contributed by atoms with Crippen molar-refractivity contribution in [3.8, 4) is 11.5 Å². The zero-order valence-electron chi connectivity index (χ0n) is 15.4. The number of hydrogen-bond acceptors (Lipinski definition) is 3. The van der Waals surface area contributed by atoms with Crippen molar-refractivity contribution in [1.82, 2.24) is 4.90 Å². The van der Waals surface area contributed by atoms with Crippen LogP contribution in [0.3, 0.4) is 0 Å². The number of aryl methyl sites for hydroxylation is 1. The van der Waals surface area contributed by atoms with Gasteiger partial charge >= 0.3 is 0 Å². The van der Waals surface area contributed by atoms with Crippen LogP contribution in [0.2, 0.25) is 0 Å². The van der Waals surface area contributed by atoms with Crippen molar-refractivity contribution >= 4 is 0 Å². The molecular weight excluding hydrogens is 298 g/mol. The number of hydrogen-bond donors (Lipinski definition) is 2. The highest BCUT2D eigenvalue weighted by Crippen LogP contribution is 2.38. The van der Waals surface area contributed by atoms with Crippen LogP contribution in [-0.4, -0.2) is 34.2 Å². The number of para-hydroxylation sites is 1. The normalized spacial score (nSPS) is 13.2. The molecule has 0 amide bonds. The van der Waals surface area contributed by atoms with E-state index >= 15 is 0 Å². The third-order valence-electron chi connectivity index (χ3n) is 4.77. The van der Waals surface area contributed by atoms with Crippen molar-refractivity contribution in [3.05, 3.63) is 59.2 Å². The molecule has 0 spiro atoms. The van der Waals surface area contributed by atoms with E-state index in [-0.39, 0.29) is 23.0 Å². The molecule has 0 bridgehead atoms.